The van der Waals surface area contributed by atoms with Crippen molar-refractivity contribution in [2.24, 2.45) is 5.92 Å². The van der Waals surface area contributed by atoms with E-state index in [1.165, 1.54) is 0 Å². The minimum absolute atomic E-state index is 0.0691. The van der Waals surface area contributed by atoms with Gasteiger partial charge in [-0.25, -0.2) is 0 Å². The fraction of sp³-hybridized carbons (Fsp3) is 0.261. The molecule has 0 spiro atoms. The van der Waals surface area contributed by atoms with Gasteiger partial charge >= 0.3 is 0 Å². The predicted octanol–water partition coefficient (Wildman–Crippen LogP) is 4.77. The lowest BCUT2D eigenvalue weighted by atomic mass is 9.79. The van der Waals surface area contributed by atoms with Gasteiger partial charge in [-0.3, -0.25) is 4.79 Å². The van der Waals surface area contributed by atoms with E-state index in [2.05, 4.69) is 6.08 Å². The van der Waals surface area contributed by atoms with E-state index in [0.717, 1.165) is 11.1 Å². The normalized spacial score (nSPS) is 19.2. The largest absolute Gasteiger partial charge is 0.349 e. The average molecular weight is 348 g/mol. The number of rotatable bonds is 7. The molecule has 0 radical (unpaired) electrons. The van der Waals surface area contributed by atoms with Gasteiger partial charge in [-0.15, -0.1) is 0 Å². The lowest BCUT2D eigenvalue weighted by Crippen LogP contribution is -2.41. The van der Waals surface area contributed by atoms with Crippen LogP contribution in [0.25, 0.3) is 0 Å². The molecule has 0 aliphatic heterocycles. The molecular formula is C23H24O3. The van der Waals surface area contributed by atoms with Gasteiger partial charge in [0, 0.05) is 31.6 Å². The molecule has 0 N–H and O–H groups in total. The zero-order chi connectivity index (χ0) is 18.4. The van der Waals surface area contributed by atoms with E-state index in [-0.39, 0.29) is 17.6 Å². The third kappa shape index (κ3) is 3.69. The number of methoxy groups -OCH3 is 2. The Bertz CT molecular complexity index is 774. The van der Waals surface area contributed by atoms with Crippen LogP contribution in [0.2, 0.25) is 0 Å². The Kier molecular flexibility index (Phi) is 5.82. The summed E-state index contributed by atoms with van der Waals surface area (Å²) in [5.41, 5.74) is 1.72. The van der Waals surface area contributed by atoms with Crippen molar-refractivity contribution in [3.8, 4) is 0 Å². The van der Waals surface area contributed by atoms with Gasteiger partial charge < -0.3 is 9.47 Å². The highest BCUT2D eigenvalue weighted by molar-refractivity contribution is 6.01. The standard InChI is InChI=1S/C23H24O3/c1-25-23(26-2)16-10-9-15-20(23)17-21(18-11-5-3-6-12-18)22(24)19-13-7-4-8-14-19/h3-16,20-21H,17H2,1-2H3. The summed E-state index contributed by atoms with van der Waals surface area (Å²) < 4.78 is 11.4. The zero-order valence-electron chi connectivity index (χ0n) is 15.2. The molecule has 26 heavy (non-hydrogen) atoms. The third-order valence-electron chi connectivity index (χ3n) is 5.00. The first-order valence-electron chi connectivity index (χ1n) is 8.80. The van der Waals surface area contributed by atoms with Gasteiger partial charge in [-0.1, -0.05) is 78.9 Å². The lowest BCUT2D eigenvalue weighted by Gasteiger charge is -2.37. The molecular weight excluding hydrogens is 324 g/mol. The molecule has 0 saturated carbocycles. The topological polar surface area (TPSA) is 35.5 Å². The van der Waals surface area contributed by atoms with Crippen LogP contribution in [0.5, 0.6) is 0 Å². The van der Waals surface area contributed by atoms with Crippen LogP contribution in [-0.2, 0) is 9.47 Å². The number of ketones is 1. The van der Waals surface area contributed by atoms with Crippen molar-refractivity contribution in [2.45, 2.75) is 18.1 Å². The molecule has 0 fully saturated rings. The van der Waals surface area contributed by atoms with E-state index in [0.29, 0.717) is 6.42 Å². The first-order valence-corrected chi connectivity index (χ1v) is 8.80. The maximum absolute atomic E-state index is 13.3. The molecule has 0 heterocycles. The smallest absolute Gasteiger partial charge is 0.193 e. The number of carbonyl (C=O) groups excluding carboxylic acids is 1. The lowest BCUT2D eigenvalue weighted by molar-refractivity contribution is -0.196. The van der Waals surface area contributed by atoms with Crippen molar-refractivity contribution >= 4 is 5.78 Å². The summed E-state index contributed by atoms with van der Waals surface area (Å²) in [5.74, 6) is -1.08. The molecule has 3 heteroatoms. The van der Waals surface area contributed by atoms with Crippen LogP contribution in [0.1, 0.15) is 28.3 Å². The van der Waals surface area contributed by atoms with E-state index >= 15 is 0 Å². The maximum Gasteiger partial charge on any atom is 0.193 e. The van der Waals surface area contributed by atoms with Crippen LogP contribution in [0.4, 0.5) is 0 Å². The van der Waals surface area contributed by atoms with Crippen LogP contribution in [0.3, 0.4) is 0 Å². The second kappa shape index (κ2) is 8.26. The predicted molar refractivity (Wildman–Crippen MR) is 103 cm³/mol. The summed E-state index contributed by atoms with van der Waals surface area (Å²) in [7, 11) is 3.27. The summed E-state index contributed by atoms with van der Waals surface area (Å²) in [5, 5.41) is 0. The van der Waals surface area contributed by atoms with Gasteiger partial charge in [-0.05, 0) is 18.1 Å². The molecule has 0 saturated heterocycles. The van der Waals surface area contributed by atoms with Crippen molar-refractivity contribution in [3.63, 3.8) is 0 Å². The van der Waals surface area contributed by atoms with Crippen LogP contribution in [0.15, 0.2) is 85.0 Å². The van der Waals surface area contributed by atoms with Crippen LogP contribution >= 0.6 is 0 Å². The van der Waals surface area contributed by atoms with Gasteiger partial charge in [0.15, 0.2) is 11.6 Å². The minimum Gasteiger partial charge on any atom is -0.349 e. The molecule has 2 atom stereocenters. The molecule has 1 aliphatic rings. The number of hydrogen-bond acceptors (Lipinski definition) is 3. The number of allylic oxidation sites excluding steroid dienone is 2. The fourth-order valence-corrected chi connectivity index (χ4v) is 3.55. The molecule has 1 aliphatic carbocycles. The first-order chi connectivity index (χ1) is 12.7. The zero-order valence-corrected chi connectivity index (χ0v) is 15.2. The van der Waals surface area contributed by atoms with E-state index in [1.807, 2.05) is 78.9 Å². The molecule has 3 nitrogen and oxygen atoms in total. The second-order valence-electron chi connectivity index (χ2n) is 6.41. The van der Waals surface area contributed by atoms with Crippen molar-refractivity contribution in [2.75, 3.05) is 14.2 Å². The van der Waals surface area contributed by atoms with Crippen molar-refractivity contribution in [1.29, 1.82) is 0 Å². The molecule has 2 unspecified atom stereocenters. The Labute approximate surface area is 155 Å². The summed E-state index contributed by atoms with van der Waals surface area (Å²) in [4.78, 5) is 13.3. The van der Waals surface area contributed by atoms with E-state index in [9.17, 15) is 4.79 Å². The fourth-order valence-electron chi connectivity index (χ4n) is 3.55. The molecule has 2 aromatic rings. The summed E-state index contributed by atoms with van der Waals surface area (Å²) in [6.07, 6.45) is 8.46. The highest BCUT2D eigenvalue weighted by atomic mass is 16.7. The Balaban J connectivity index is 1.95. The molecule has 2 aromatic carbocycles. The number of carbonyl (C=O) groups is 1. The van der Waals surface area contributed by atoms with Gasteiger partial charge in [0.25, 0.3) is 0 Å². The molecule has 3 rings (SSSR count). The van der Waals surface area contributed by atoms with Crippen molar-refractivity contribution < 1.29 is 14.3 Å². The molecule has 0 amide bonds. The maximum atomic E-state index is 13.3. The van der Waals surface area contributed by atoms with Gasteiger partial charge in [-0.2, -0.15) is 0 Å². The van der Waals surface area contributed by atoms with Gasteiger partial charge in [0.05, 0.1) is 0 Å². The molecule has 0 bridgehead atoms. The van der Waals surface area contributed by atoms with Crippen molar-refractivity contribution in [1.82, 2.24) is 0 Å². The SMILES string of the molecule is COC1(OC)C=CC=CC1CC(C(=O)c1ccccc1)c1ccccc1. The van der Waals surface area contributed by atoms with Crippen LogP contribution < -0.4 is 0 Å². The van der Waals surface area contributed by atoms with Crippen molar-refractivity contribution in [3.05, 3.63) is 96.1 Å². The van der Waals surface area contributed by atoms with E-state index in [4.69, 9.17) is 9.47 Å². The highest BCUT2D eigenvalue weighted by Gasteiger charge is 2.39. The molecule has 134 valence electrons. The Morgan fingerprint density at radius 3 is 2.19 bits per heavy atom. The number of benzene rings is 2. The highest BCUT2D eigenvalue weighted by Crippen LogP contribution is 2.37. The van der Waals surface area contributed by atoms with E-state index in [1.54, 1.807) is 14.2 Å². The second-order valence-corrected chi connectivity index (χ2v) is 6.41. The minimum atomic E-state index is -0.848. The van der Waals surface area contributed by atoms with Gasteiger partial charge in [0.1, 0.15) is 0 Å². The summed E-state index contributed by atoms with van der Waals surface area (Å²) in [6.45, 7) is 0. The number of Topliss-reactive ketones (excluding diaryl/α,β-unsaturated/α-hetero) is 1. The monoisotopic (exact) mass is 348 g/mol. The average Bonchev–Trinajstić information content (AvgIpc) is 2.73. The third-order valence-corrected chi connectivity index (χ3v) is 5.00. The first kappa shape index (κ1) is 18.3. The van der Waals surface area contributed by atoms with Crippen LogP contribution in [0, 0.1) is 5.92 Å². The summed E-state index contributed by atoms with van der Waals surface area (Å²) >= 11 is 0. The molecule has 0 aromatic heterocycles. The number of ether oxygens (including phenoxy) is 2. The number of hydrogen-bond donors (Lipinski definition) is 0. The quantitative estimate of drug-likeness (QED) is 0.534. The van der Waals surface area contributed by atoms with Gasteiger partial charge in [0.2, 0.25) is 0 Å². The summed E-state index contributed by atoms with van der Waals surface area (Å²) in [6, 6.07) is 19.4. The Morgan fingerprint density at radius 2 is 1.58 bits per heavy atom. The Hall–Kier alpha value is -2.49. The van der Waals surface area contributed by atoms with E-state index < -0.39 is 5.79 Å². The van der Waals surface area contributed by atoms with Crippen LogP contribution in [-0.4, -0.2) is 25.8 Å². The Morgan fingerprint density at radius 1 is 0.962 bits per heavy atom.